The van der Waals surface area contributed by atoms with E-state index < -0.39 is 0 Å². The largest absolute Gasteiger partial charge is 0.460 e. The Morgan fingerprint density at radius 2 is 2.24 bits per heavy atom. The third-order valence-electron chi connectivity index (χ3n) is 2.39. The van der Waals surface area contributed by atoms with E-state index in [4.69, 9.17) is 4.74 Å². The molecule has 17 heavy (non-hydrogen) atoms. The second-order valence-corrected chi connectivity index (χ2v) is 3.73. The number of esters is 1. The van der Waals surface area contributed by atoms with Gasteiger partial charge < -0.3 is 9.64 Å². The second kappa shape index (κ2) is 8.56. The fourth-order valence-electron chi connectivity index (χ4n) is 1.19. The molecule has 0 aliphatic carbocycles. The molecule has 0 spiro atoms. The number of carbonyl (C=O) groups excluding carboxylic acids is 2. The minimum absolute atomic E-state index is 0.00972. The van der Waals surface area contributed by atoms with Crippen molar-refractivity contribution in [1.29, 1.82) is 0 Å². The Balaban J connectivity index is 0.000000302. The standard InChI is InChI=1S/C7H12O2.C6H9NO/c1-4-6(3)9-7(8)5-2;1-2-7-5-3-4-6(7)8/h5-6H,2,4H2,1,3H3;2H,1,3-5H2. The van der Waals surface area contributed by atoms with E-state index in [-0.39, 0.29) is 18.0 Å². The van der Waals surface area contributed by atoms with Crippen molar-refractivity contribution in [2.45, 2.75) is 39.2 Å². The normalized spacial score (nSPS) is 15.6. The molecule has 0 aromatic heterocycles. The number of rotatable bonds is 4. The number of ether oxygens (including phenoxy) is 1. The number of likely N-dealkylation sites (tertiary alicyclic amines) is 1. The molecule has 1 amide bonds. The van der Waals surface area contributed by atoms with Crippen LogP contribution in [-0.2, 0) is 14.3 Å². The van der Waals surface area contributed by atoms with Crippen LogP contribution in [0, 0.1) is 0 Å². The van der Waals surface area contributed by atoms with Gasteiger partial charge in [-0.3, -0.25) is 4.79 Å². The average Bonchev–Trinajstić information content (AvgIpc) is 2.75. The Labute approximate surface area is 103 Å². The molecule has 4 heteroatoms. The SMILES string of the molecule is C=CC(=O)OC(C)CC.C=CN1CCCC1=O. The maximum Gasteiger partial charge on any atom is 0.330 e. The molecule has 1 unspecified atom stereocenters. The third kappa shape index (κ3) is 6.56. The van der Waals surface area contributed by atoms with Crippen LogP contribution in [0.3, 0.4) is 0 Å². The van der Waals surface area contributed by atoms with Gasteiger partial charge in [-0.25, -0.2) is 4.79 Å². The maximum absolute atomic E-state index is 10.7. The van der Waals surface area contributed by atoms with E-state index in [9.17, 15) is 9.59 Å². The zero-order valence-electron chi connectivity index (χ0n) is 10.6. The van der Waals surface area contributed by atoms with Crippen molar-refractivity contribution in [3.63, 3.8) is 0 Å². The van der Waals surface area contributed by atoms with Gasteiger partial charge >= 0.3 is 5.97 Å². The Bertz CT molecular complexity index is 286. The third-order valence-corrected chi connectivity index (χ3v) is 2.39. The number of nitrogens with zero attached hydrogens (tertiary/aromatic N) is 1. The van der Waals surface area contributed by atoms with Crippen LogP contribution in [-0.4, -0.2) is 29.4 Å². The highest BCUT2D eigenvalue weighted by molar-refractivity contribution is 5.81. The summed E-state index contributed by atoms with van der Waals surface area (Å²) in [5.74, 6) is -0.135. The first-order valence-electron chi connectivity index (χ1n) is 5.80. The fraction of sp³-hybridized carbons (Fsp3) is 0.538. The smallest absolute Gasteiger partial charge is 0.330 e. The summed E-state index contributed by atoms with van der Waals surface area (Å²) in [6, 6.07) is 0. The number of hydrogen-bond donors (Lipinski definition) is 0. The van der Waals surface area contributed by atoms with Crippen LogP contribution in [0.5, 0.6) is 0 Å². The van der Waals surface area contributed by atoms with E-state index in [0.29, 0.717) is 6.42 Å². The second-order valence-electron chi connectivity index (χ2n) is 3.73. The quantitative estimate of drug-likeness (QED) is 0.558. The summed E-state index contributed by atoms with van der Waals surface area (Å²) >= 11 is 0. The molecule has 0 radical (unpaired) electrons. The summed E-state index contributed by atoms with van der Waals surface area (Å²) in [5.41, 5.74) is 0. The van der Waals surface area contributed by atoms with Gasteiger partial charge in [-0.15, -0.1) is 0 Å². The van der Waals surface area contributed by atoms with Gasteiger partial charge in [-0.05, 0) is 26.0 Å². The lowest BCUT2D eigenvalue weighted by Gasteiger charge is -2.07. The van der Waals surface area contributed by atoms with Gasteiger partial charge in [0.2, 0.25) is 5.91 Å². The number of amides is 1. The lowest BCUT2D eigenvalue weighted by atomic mass is 10.3. The molecular weight excluding hydrogens is 218 g/mol. The summed E-state index contributed by atoms with van der Waals surface area (Å²) in [4.78, 5) is 22.8. The highest BCUT2D eigenvalue weighted by Crippen LogP contribution is 2.08. The first-order valence-corrected chi connectivity index (χ1v) is 5.80. The van der Waals surface area contributed by atoms with E-state index in [2.05, 4.69) is 13.2 Å². The molecule has 1 rings (SSSR count). The van der Waals surface area contributed by atoms with Crippen LogP contribution < -0.4 is 0 Å². The number of carbonyl (C=O) groups is 2. The molecule has 0 saturated carbocycles. The molecular formula is C13H21NO3. The Hall–Kier alpha value is -1.58. The summed E-state index contributed by atoms with van der Waals surface area (Å²) in [6.45, 7) is 11.4. The topological polar surface area (TPSA) is 46.6 Å². The summed E-state index contributed by atoms with van der Waals surface area (Å²) in [6.07, 6.45) is 5.31. The molecule has 1 fully saturated rings. The Morgan fingerprint density at radius 1 is 1.59 bits per heavy atom. The van der Waals surface area contributed by atoms with E-state index in [0.717, 1.165) is 19.4 Å². The van der Waals surface area contributed by atoms with E-state index in [1.807, 2.05) is 13.8 Å². The molecule has 1 aliphatic heterocycles. The summed E-state index contributed by atoms with van der Waals surface area (Å²) < 4.78 is 4.79. The van der Waals surface area contributed by atoms with Gasteiger partial charge in [0.25, 0.3) is 0 Å². The van der Waals surface area contributed by atoms with Crippen LogP contribution in [0.15, 0.2) is 25.4 Å². The molecule has 0 bridgehead atoms. The molecule has 1 atom stereocenters. The van der Waals surface area contributed by atoms with Gasteiger partial charge in [-0.2, -0.15) is 0 Å². The lowest BCUT2D eigenvalue weighted by Crippen LogP contribution is -2.16. The Morgan fingerprint density at radius 3 is 2.53 bits per heavy atom. The van der Waals surface area contributed by atoms with Gasteiger partial charge in [0, 0.05) is 19.0 Å². The van der Waals surface area contributed by atoms with Crippen LogP contribution in [0.4, 0.5) is 0 Å². The fourth-order valence-corrected chi connectivity index (χ4v) is 1.19. The highest BCUT2D eigenvalue weighted by Gasteiger charge is 2.15. The van der Waals surface area contributed by atoms with Crippen LogP contribution in [0.25, 0.3) is 0 Å². The first-order chi connectivity index (χ1) is 8.04. The minimum Gasteiger partial charge on any atom is -0.460 e. The molecule has 96 valence electrons. The average molecular weight is 239 g/mol. The lowest BCUT2D eigenvalue weighted by molar-refractivity contribution is -0.142. The molecule has 1 heterocycles. The zero-order valence-corrected chi connectivity index (χ0v) is 10.6. The summed E-state index contributed by atoms with van der Waals surface area (Å²) in [5, 5.41) is 0. The molecule has 0 aromatic carbocycles. The first kappa shape index (κ1) is 15.4. The van der Waals surface area contributed by atoms with Gasteiger partial charge in [0.1, 0.15) is 0 Å². The zero-order chi connectivity index (χ0) is 13.3. The summed E-state index contributed by atoms with van der Waals surface area (Å²) in [7, 11) is 0. The van der Waals surface area contributed by atoms with E-state index >= 15 is 0 Å². The molecule has 4 nitrogen and oxygen atoms in total. The Kier molecular flexibility index (Phi) is 7.76. The molecule has 1 aliphatic rings. The predicted octanol–water partition coefficient (Wildman–Crippen LogP) is 2.27. The van der Waals surface area contributed by atoms with Gasteiger partial charge in [0.05, 0.1) is 6.10 Å². The molecule has 0 N–H and O–H groups in total. The van der Waals surface area contributed by atoms with Gasteiger partial charge in [-0.1, -0.05) is 20.1 Å². The maximum atomic E-state index is 10.7. The van der Waals surface area contributed by atoms with Crippen molar-refractivity contribution in [3.05, 3.63) is 25.4 Å². The molecule has 1 saturated heterocycles. The van der Waals surface area contributed by atoms with Crippen LogP contribution in [0.2, 0.25) is 0 Å². The van der Waals surface area contributed by atoms with Crippen molar-refractivity contribution < 1.29 is 14.3 Å². The van der Waals surface area contributed by atoms with Crippen LogP contribution in [0.1, 0.15) is 33.1 Å². The minimum atomic E-state index is -0.343. The van der Waals surface area contributed by atoms with Crippen molar-refractivity contribution in [2.24, 2.45) is 0 Å². The predicted molar refractivity (Wildman–Crippen MR) is 67.2 cm³/mol. The van der Waals surface area contributed by atoms with E-state index in [1.54, 1.807) is 11.1 Å². The molecule has 0 aromatic rings. The van der Waals surface area contributed by atoms with Crippen molar-refractivity contribution in [3.8, 4) is 0 Å². The van der Waals surface area contributed by atoms with Crippen molar-refractivity contribution in [1.82, 2.24) is 4.90 Å². The number of hydrogen-bond acceptors (Lipinski definition) is 3. The highest BCUT2D eigenvalue weighted by atomic mass is 16.5. The monoisotopic (exact) mass is 239 g/mol. The van der Waals surface area contributed by atoms with E-state index in [1.165, 1.54) is 6.08 Å². The van der Waals surface area contributed by atoms with Crippen LogP contribution >= 0.6 is 0 Å². The van der Waals surface area contributed by atoms with Crippen molar-refractivity contribution >= 4 is 11.9 Å². The van der Waals surface area contributed by atoms with Crippen molar-refractivity contribution in [2.75, 3.05) is 6.54 Å². The van der Waals surface area contributed by atoms with Gasteiger partial charge in [0.15, 0.2) is 0 Å².